The molecule has 2 heterocycles. The number of benzene rings is 2. The van der Waals surface area contributed by atoms with Crippen molar-refractivity contribution in [1.29, 1.82) is 0 Å². The van der Waals surface area contributed by atoms with Crippen LogP contribution in [0.5, 0.6) is 5.75 Å². The Labute approximate surface area is 233 Å². The van der Waals surface area contributed by atoms with Crippen molar-refractivity contribution in [3.63, 3.8) is 0 Å². The summed E-state index contributed by atoms with van der Waals surface area (Å²) in [5.41, 5.74) is 4.33. The van der Waals surface area contributed by atoms with E-state index in [0.29, 0.717) is 22.8 Å². The lowest BCUT2D eigenvalue weighted by molar-refractivity contribution is -0.113. The molecule has 0 aliphatic heterocycles. The van der Waals surface area contributed by atoms with Gasteiger partial charge in [0.05, 0.1) is 23.4 Å². The topological polar surface area (TPSA) is 73.2 Å². The molecule has 0 saturated heterocycles. The summed E-state index contributed by atoms with van der Waals surface area (Å²) in [6.45, 7) is 10.6. The molecule has 0 bridgehead atoms. The number of carbonyl (C=O) groups excluding carboxylic acids is 1. The molecule has 4 rings (SSSR count). The molecule has 1 amide bonds. The zero-order valence-electron chi connectivity index (χ0n) is 21.6. The third-order valence-electron chi connectivity index (χ3n) is 6.01. The number of aromatic nitrogens is 2. The fraction of sp³-hybridized carbons (Fsp3) is 0.321. The molecule has 6 nitrogen and oxygen atoms in total. The molecule has 0 saturated carbocycles. The summed E-state index contributed by atoms with van der Waals surface area (Å²) in [4.78, 5) is 33.6. The lowest BCUT2D eigenvalue weighted by atomic mass is 10.1. The lowest BCUT2D eigenvalue weighted by Gasteiger charge is -2.14. The van der Waals surface area contributed by atoms with E-state index in [1.807, 2.05) is 64.1 Å². The predicted molar refractivity (Wildman–Crippen MR) is 158 cm³/mol. The van der Waals surface area contributed by atoms with E-state index in [-0.39, 0.29) is 17.2 Å². The number of anilines is 1. The van der Waals surface area contributed by atoms with Crippen LogP contribution in [0.4, 0.5) is 5.69 Å². The Morgan fingerprint density at radius 2 is 1.81 bits per heavy atom. The first kappa shape index (κ1) is 27.4. The Morgan fingerprint density at radius 1 is 1.14 bits per heavy atom. The van der Waals surface area contributed by atoms with Gasteiger partial charge in [0, 0.05) is 15.0 Å². The minimum absolute atomic E-state index is 0.118. The molecule has 37 heavy (non-hydrogen) atoms. The second-order valence-electron chi connectivity index (χ2n) is 8.79. The normalized spacial score (nSPS) is 11.2. The quantitative estimate of drug-likeness (QED) is 0.162. The number of nitrogens with one attached hydrogen (secondary N) is 1. The van der Waals surface area contributed by atoms with Crippen LogP contribution in [-0.2, 0) is 11.2 Å². The Kier molecular flexibility index (Phi) is 8.77. The number of fused-ring (bicyclic) bond motifs is 1. The van der Waals surface area contributed by atoms with Gasteiger partial charge >= 0.3 is 0 Å². The number of nitrogens with zero attached hydrogens (tertiary/aromatic N) is 2. The highest BCUT2D eigenvalue weighted by Gasteiger charge is 2.20. The van der Waals surface area contributed by atoms with Gasteiger partial charge in [0.25, 0.3) is 5.56 Å². The zero-order valence-corrected chi connectivity index (χ0v) is 24.8. The largest absolute Gasteiger partial charge is 0.494 e. The first-order valence-corrected chi connectivity index (χ1v) is 14.8. The van der Waals surface area contributed by atoms with Gasteiger partial charge in [0.2, 0.25) is 5.91 Å². The molecular formula is C28H30BrN3O3S2. The summed E-state index contributed by atoms with van der Waals surface area (Å²) >= 11 is 6.33. The average Bonchev–Trinajstić information content (AvgIpc) is 3.16. The highest BCUT2D eigenvalue weighted by molar-refractivity contribution is 9.10. The van der Waals surface area contributed by atoms with Crippen molar-refractivity contribution >= 4 is 60.8 Å². The van der Waals surface area contributed by atoms with E-state index in [2.05, 4.69) is 28.2 Å². The van der Waals surface area contributed by atoms with E-state index < -0.39 is 0 Å². The highest BCUT2D eigenvalue weighted by Crippen LogP contribution is 2.32. The van der Waals surface area contributed by atoms with Gasteiger partial charge in [0.1, 0.15) is 10.6 Å². The summed E-state index contributed by atoms with van der Waals surface area (Å²) in [7, 11) is 0. The Balaban J connectivity index is 1.71. The zero-order chi connectivity index (χ0) is 26.7. The van der Waals surface area contributed by atoms with E-state index in [1.165, 1.54) is 16.6 Å². The Hall–Kier alpha value is -2.62. The number of thiophene rings is 1. The fourth-order valence-corrected chi connectivity index (χ4v) is 7.09. The number of hydrogen-bond donors (Lipinski definition) is 1. The molecule has 0 fully saturated rings. The van der Waals surface area contributed by atoms with Crippen LogP contribution < -0.4 is 15.6 Å². The first-order chi connectivity index (χ1) is 17.7. The van der Waals surface area contributed by atoms with Crippen molar-refractivity contribution in [2.24, 2.45) is 0 Å². The molecule has 0 spiro atoms. The van der Waals surface area contributed by atoms with E-state index in [4.69, 9.17) is 9.72 Å². The van der Waals surface area contributed by atoms with Gasteiger partial charge in [-0.25, -0.2) is 4.98 Å². The monoisotopic (exact) mass is 599 g/mol. The molecule has 0 atom stereocenters. The van der Waals surface area contributed by atoms with Crippen LogP contribution in [0.3, 0.4) is 0 Å². The Bertz CT molecular complexity index is 1490. The summed E-state index contributed by atoms with van der Waals surface area (Å²) in [5, 5.41) is 4.17. The molecule has 2 aromatic carbocycles. The molecule has 1 N–H and O–H groups in total. The van der Waals surface area contributed by atoms with Crippen LogP contribution in [0.2, 0.25) is 0 Å². The third kappa shape index (κ3) is 5.94. The number of halogens is 1. The van der Waals surface area contributed by atoms with Crippen molar-refractivity contribution in [2.45, 2.75) is 52.6 Å². The molecule has 0 aliphatic rings. The number of rotatable bonds is 9. The van der Waals surface area contributed by atoms with E-state index in [0.717, 1.165) is 50.3 Å². The van der Waals surface area contributed by atoms with Crippen LogP contribution >= 0.6 is 39.0 Å². The van der Waals surface area contributed by atoms with Crippen molar-refractivity contribution in [3.8, 4) is 11.4 Å². The van der Waals surface area contributed by atoms with Gasteiger partial charge in [-0.3, -0.25) is 14.2 Å². The molecule has 194 valence electrons. The SMILES string of the molecule is CCCc1sc2nc(SCC(=O)Nc3c(C)cc(Br)cc3C)n(-c3ccc(OCC)cc3)c(=O)c2c1C. The fourth-order valence-electron chi connectivity index (χ4n) is 4.27. The minimum Gasteiger partial charge on any atom is -0.494 e. The van der Waals surface area contributed by atoms with Gasteiger partial charge in [-0.2, -0.15) is 0 Å². The van der Waals surface area contributed by atoms with Crippen molar-refractivity contribution < 1.29 is 9.53 Å². The molecule has 0 aliphatic carbocycles. The lowest BCUT2D eigenvalue weighted by Crippen LogP contribution is -2.23. The number of ether oxygens (including phenoxy) is 1. The third-order valence-corrected chi connectivity index (χ3v) is 8.65. The van der Waals surface area contributed by atoms with Crippen LogP contribution in [0, 0.1) is 20.8 Å². The van der Waals surface area contributed by atoms with Crippen LogP contribution in [0.1, 0.15) is 41.8 Å². The number of amides is 1. The van der Waals surface area contributed by atoms with Crippen molar-refractivity contribution in [3.05, 3.63) is 72.8 Å². The van der Waals surface area contributed by atoms with Crippen molar-refractivity contribution in [1.82, 2.24) is 9.55 Å². The summed E-state index contributed by atoms with van der Waals surface area (Å²) in [6.07, 6.45) is 1.91. The van der Waals surface area contributed by atoms with Gasteiger partial charge in [0.15, 0.2) is 5.16 Å². The summed E-state index contributed by atoms with van der Waals surface area (Å²) in [5.74, 6) is 0.704. The van der Waals surface area contributed by atoms with E-state index in [1.54, 1.807) is 15.9 Å². The molecular weight excluding hydrogens is 570 g/mol. The standard InChI is InChI=1S/C28H30BrN3O3S2/c1-6-8-22-18(5)24-26(37-22)31-28(32(27(24)34)20-9-11-21(12-10-20)35-7-2)36-15-23(33)30-25-16(3)13-19(29)14-17(25)4/h9-14H,6-8,15H2,1-5H3,(H,30,33). The van der Waals surface area contributed by atoms with Gasteiger partial charge in [-0.05, 0) is 87.2 Å². The number of carbonyl (C=O) groups is 1. The number of hydrogen-bond acceptors (Lipinski definition) is 6. The summed E-state index contributed by atoms with van der Waals surface area (Å²) in [6, 6.07) is 11.3. The molecule has 4 aromatic rings. The van der Waals surface area contributed by atoms with Gasteiger partial charge < -0.3 is 10.1 Å². The molecule has 2 aromatic heterocycles. The minimum atomic E-state index is -0.153. The molecule has 0 radical (unpaired) electrons. The van der Waals surface area contributed by atoms with Crippen LogP contribution in [-0.4, -0.2) is 27.8 Å². The maximum Gasteiger partial charge on any atom is 0.267 e. The van der Waals surface area contributed by atoms with E-state index in [9.17, 15) is 9.59 Å². The van der Waals surface area contributed by atoms with E-state index >= 15 is 0 Å². The Morgan fingerprint density at radius 3 is 2.43 bits per heavy atom. The van der Waals surface area contributed by atoms with Crippen LogP contribution in [0.25, 0.3) is 15.9 Å². The second kappa shape index (κ2) is 11.8. The van der Waals surface area contributed by atoms with Crippen molar-refractivity contribution in [2.75, 3.05) is 17.7 Å². The smallest absolute Gasteiger partial charge is 0.267 e. The predicted octanol–water partition coefficient (Wildman–Crippen LogP) is 7.22. The van der Waals surface area contributed by atoms with Crippen LogP contribution in [0.15, 0.2) is 50.8 Å². The summed E-state index contributed by atoms with van der Waals surface area (Å²) < 4.78 is 8.16. The maximum atomic E-state index is 13.8. The average molecular weight is 601 g/mol. The number of thioether (sulfide) groups is 1. The molecule has 9 heteroatoms. The second-order valence-corrected chi connectivity index (χ2v) is 11.7. The molecule has 0 unspecified atom stereocenters. The highest BCUT2D eigenvalue weighted by atomic mass is 79.9. The first-order valence-electron chi connectivity index (χ1n) is 12.2. The maximum absolute atomic E-state index is 13.8. The number of aryl methyl sites for hydroxylation is 4. The van der Waals surface area contributed by atoms with Gasteiger partial charge in [-0.1, -0.05) is 41.0 Å². The van der Waals surface area contributed by atoms with Gasteiger partial charge in [-0.15, -0.1) is 11.3 Å².